The number of piperidine rings is 1. The Kier molecular flexibility index (Phi) is 6.27. The Morgan fingerprint density at radius 1 is 1.36 bits per heavy atom. The monoisotopic (exact) mass is 306 g/mol. The van der Waals surface area contributed by atoms with Crippen LogP contribution < -0.4 is 9.64 Å². The lowest BCUT2D eigenvalue weighted by molar-refractivity contribution is -0.911. The van der Waals surface area contributed by atoms with Gasteiger partial charge in [-0.05, 0) is 42.9 Å². The Morgan fingerprint density at radius 2 is 2.14 bits per heavy atom. The second-order valence-corrected chi connectivity index (χ2v) is 7.32. The van der Waals surface area contributed by atoms with Crippen molar-refractivity contribution in [1.29, 1.82) is 0 Å². The summed E-state index contributed by atoms with van der Waals surface area (Å²) in [5.74, 6) is 2.14. The fourth-order valence-electron chi connectivity index (χ4n) is 3.40. The molecule has 0 spiro atoms. The molecule has 0 aliphatic carbocycles. The molecule has 0 radical (unpaired) electrons. The van der Waals surface area contributed by atoms with Crippen molar-refractivity contribution in [3.05, 3.63) is 29.3 Å². The summed E-state index contributed by atoms with van der Waals surface area (Å²) in [6.07, 6.45) is 2.22. The topological polar surface area (TPSA) is 33.9 Å². The molecule has 1 aromatic carbocycles. The van der Waals surface area contributed by atoms with Crippen LogP contribution in [-0.4, -0.2) is 37.5 Å². The molecule has 1 aromatic rings. The van der Waals surface area contributed by atoms with E-state index >= 15 is 0 Å². The SMILES string of the molecule is Cc1ccc(C(C)C)c(OC[C@@H](O)C[NH+]2CCC[C@H](C)C2)c1. The highest BCUT2D eigenvalue weighted by Gasteiger charge is 2.22. The summed E-state index contributed by atoms with van der Waals surface area (Å²) in [5.41, 5.74) is 2.42. The third kappa shape index (κ3) is 4.99. The van der Waals surface area contributed by atoms with Gasteiger partial charge >= 0.3 is 0 Å². The van der Waals surface area contributed by atoms with Gasteiger partial charge in [-0.15, -0.1) is 0 Å². The van der Waals surface area contributed by atoms with E-state index in [2.05, 4.69) is 45.9 Å². The van der Waals surface area contributed by atoms with E-state index < -0.39 is 0 Å². The molecule has 2 N–H and O–H groups in total. The van der Waals surface area contributed by atoms with Crippen LogP contribution in [0, 0.1) is 12.8 Å². The largest absolute Gasteiger partial charge is 0.490 e. The quantitative estimate of drug-likeness (QED) is 0.844. The molecule has 124 valence electrons. The standard InChI is InChI=1S/C19H31NO2/c1-14(2)18-8-7-15(3)10-19(18)22-13-17(21)12-20-9-5-6-16(4)11-20/h7-8,10,14,16-17,21H,5-6,9,11-13H2,1-4H3/p+1/t16-,17-/m0/s1. The number of aliphatic hydroxyl groups excluding tert-OH is 1. The number of likely N-dealkylation sites (tertiary alicyclic amines) is 1. The van der Waals surface area contributed by atoms with Crippen molar-refractivity contribution in [2.24, 2.45) is 5.92 Å². The fourth-order valence-corrected chi connectivity index (χ4v) is 3.40. The molecule has 0 bridgehead atoms. The second-order valence-electron chi connectivity index (χ2n) is 7.32. The number of rotatable bonds is 6. The minimum atomic E-state index is -0.388. The molecule has 22 heavy (non-hydrogen) atoms. The van der Waals surface area contributed by atoms with E-state index in [0.29, 0.717) is 12.5 Å². The highest BCUT2D eigenvalue weighted by Crippen LogP contribution is 2.27. The maximum absolute atomic E-state index is 10.3. The minimum Gasteiger partial charge on any atom is -0.490 e. The fraction of sp³-hybridized carbons (Fsp3) is 0.684. The van der Waals surface area contributed by atoms with Crippen LogP contribution in [0.5, 0.6) is 5.75 Å². The molecule has 1 fully saturated rings. The molecular weight excluding hydrogens is 274 g/mol. The van der Waals surface area contributed by atoms with Crippen molar-refractivity contribution in [3.8, 4) is 5.75 Å². The third-order valence-electron chi connectivity index (χ3n) is 4.61. The minimum absolute atomic E-state index is 0.388. The van der Waals surface area contributed by atoms with E-state index in [1.807, 2.05) is 0 Å². The number of nitrogens with one attached hydrogen (secondary N) is 1. The maximum Gasteiger partial charge on any atom is 0.137 e. The number of benzene rings is 1. The van der Waals surface area contributed by atoms with Crippen molar-refractivity contribution in [3.63, 3.8) is 0 Å². The van der Waals surface area contributed by atoms with E-state index in [-0.39, 0.29) is 6.10 Å². The summed E-state index contributed by atoms with van der Waals surface area (Å²) < 4.78 is 5.95. The zero-order valence-corrected chi connectivity index (χ0v) is 14.6. The Hall–Kier alpha value is -1.06. The van der Waals surface area contributed by atoms with Crippen molar-refractivity contribution in [1.82, 2.24) is 0 Å². The van der Waals surface area contributed by atoms with E-state index in [1.54, 1.807) is 0 Å². The van der Waals surface area contributed by atoms with Crippen molar-refractivity contribution < 1.29 is 14.7 Å². The number of hydrogen-bond acceptors (Lipinski definition) is 2. The van der Waals surface area contributed by atoms with Crippen LogP contribution in [0.15, 0.2) is 18.2 Å². The summed E-state index contributed by atoms with van der Waals surface area (Å²) in [6.45, 7) is 12.3. The number of ether oxygens (including phenoxy) is 1. The van der Waals surface area contributed by atoms with Crippen molar-refractivity contribution in [2.75, 3.05) is 26.2 Å². The van der Waals surface area contributed by atoms with Crippen LogP contribution in [0.1, 0.15) is 50.7 Å². The van der Waals surface area contributed by atoms with Gasteiger partial charge in [0.05, 0.1) is 13.1 Å². The summed E-state index contributed by atoms with van der Waals surface area (Å²) in [4.78, 5) is 1.52. The Bertz CT molecular complexity index is 473. The van der Waals surface area contributed by atoms with Gasteiger partial charge in [0, 0.05) is 5.92 Å². The molecule has 3 nitrogen and oxygen atoms in total. The first-order valence-electron chi connectivity index (χ1n) is 8.70. The molecule has 1 heterocycles. The summed E-state index contributed by atoms with van der Waals surface area (Å²) >= 11 is 0. The van der Waals surface area contributed by atoms with E-state index in [4.69, 9.17) is 4.74 Å². The predicted octanol–water partition coefficient (Wildman–Crippen LogP) is 2.17. The van der Waals surface area contributed by atoms with Crippen molar-refractivity contribution >= 4 is 0 Å². The molecule has 3 heteroatoms. The average Bonchev–Trinajstić information content (AvgIpc) is 2.45. The predicted molar refractivity (Wildman–Crippen MR) is 90.7 cm³/mol. The summed E-state index contributed by atoms with van der Waals surface area (Å²) in [7, 11) is 0. The Balaban J connectivity index is 1.88. The lowest BCUT2D eigenvalue weighted by Crippen LogP contribution is -3.14. The molecule has 1 aliphatic rings. The number of aliphatic hydroxyl groups is 1. The lowest BCUT2D eigenvalue weighted by Gasteiger charge is -2.29. The molecule has 2 rings (SSSR count). The van der Waals surface area contributed by atoms with Gasteiger partial charge in [0.25, 0.3) is 0 Å². The molecule has 0 saturated carbocycles. The van der Waals surface area contributed by atoms with Gasteiger partial charge in [-0.25, -0.2) is 0 Å². The van der Waals surface area contributed by atoms with Gasteiger partial charge < -0.3 is 14.7 Å². The third-order valence-corrected chi connectivity index (χ3v) is 4.61. The van der Waals surface area contributed by atoms with Crippen LogP contribution in [0.4, 0.5) is 0 Å². The lowest BCUT2D eigenvalue weighted by atomic mass is 10.00. The molecule has 3 atom stereocenters. The summed E-state index contributed by atoms with van der Waals surface area (Å²) in [5, 5.41) is 10.3. The summed E-state index contributed by atoms with van der Waals surface area (Å²) in [6, 6.07) is 6.34. The zero-order valence-electron chi connectivity index (χ0n) is 14.6. The van der Waals surface area contributed by atoms with Crippen LogP contribution >= 0.6 is 0 Å². The van der Waals surface area contributed by atoms with E-state index in [0.717, 1.165) is 18.2 Å². The Morgan fingerprint density at radius 3 is 2.82 bits per heavy atom. The number of hydrogen-bond donors (Lipinski definition) is 2. The second kappa shape index (κ2) is 7.98. The van der Waals surface area contributed by atoms with Gasteiger partial charge in [-0.2, -0.15) is 0 Å². The molecule has 1 unspecified atom stereocenters. The average molecular weight is 306 g/mol. The normalized spacial score (nSPS) is 23.5. The van der Waals surface area contributed by atoms with Gasteiger partial charge in [0.1, 0.15) is 25.0 Å². The number of quaternary nitrogens is 1. The van der Waals surface area contributed by atoms with Gasteiger partial charge in [-0.1, -0.05) is 32.9 Å². The molecule has 0 amide bonds. The van der Waals surface area contributed by atoms with Gasteiger partial charge in [-0.3, -0.25) is 0 Å². The molecular formula is C19H32NO2+. The van der Waals surface area contributed by atoms with Crippen molar-refractivity contribution in [2.45, 2.75) is 52.6 Å². The maximum atomic E-state index is 10.3. The number of aryl methyl sites for hydroxylation is 1. The molecule has 0 aromatic heterocycles. The first-order valence-corrected chi connectivity index (χ1v) is 8.70. The van der Waals surface area contributed by atoms with Crippen LogP contribution in [0.3, 0.4) is 0 Å². The van der Waals surface area contributed by atoms with E-state index in [1.165, 1.54) is 42.0 Å². The molecule has 1 saturated heterocycles. The first kappa shape index (κ1) is 17.3. The zero-order chi connectivity index (χ0) is 16.1. The van der Waals surface area contributed by atoms with Crippen LogP contribution in [-0.2, 0) is 0 Å². The molecule has 1 aliphatic heterocycles. The van der Waals surface area contributed by atoms with E-state index in [9.17, 15) is 5.11 Å². The Labute approximate surface area is 135 Å². The smallest absolute Gasteiger partial charge is 0.137 e. The van der Waals surface area contributed by atoms with Crippen LogP contribution in [0.25, 0.3) is 0 Å². The van der Waals surface area contributed by atoms with Gasteiger partial charge in [0.2, 0.25) is 0 Å². The highest BCUT2D eigenvalue weighted by molar-refractivity contribution is 5.39. The van der Waals surface area contributed by atoms with Gasteiger partial charge in [0.15, 0.2) is 0 Å². The van der Waals surface area contributed by atoms with Crippen LogP contribution in [0.2, 0.25) is 0 Å². The highest BCUT2D eigenvalue weighted by atomic mass is 16.5. The first-order chi connectivity index (χ1) is 10.5.